The average molecular weight is 307 g/mol. The molecule has 5 heteroatoms. The maximum atomic E-state index is 10.0. The summed E-state index contributed by atoms with van der Waals surface area (Å²) in [6.45, 7) is 1.20. The van der Waals surface area contributed by atoms with E-state index in [1.165, 1.54) is 0 Å². The summed E-state index contributed by atoms with van der Waals surface area (Å²) >= 11 is 6.02. The van der Waals surface area contributed by atoms with Crippen molar-refractivity contribution in [3.63, 3.8) is 0 Å². The fourth-order valence-electron chi connectivity index (χ4n) is 2.02. The van der Waals surface area contributed by atoms with Crippen molar-refractivity contribution in [1.29, 1.82) is 0 Å². The lowest BCUT2D eigenvalue weighted by molar-refractivity contribution is 0.0324. The minimum Gasteiger partial charge on any atom is -0.389 e. The molecule has 2 rings (SSSR count). The molecular weight excluding hydrogens is 288 g/mol. The highest BCUT2D eigenvalue weighted by atomic mass is 35.5. The molecule has 0 fully saturated rings. The molecule has 21 heavy (non-hydrogen) atoms. The van der Waals surface area contributed by atoms with E-state index < -0.39 is 6.10 Å². The van der Waals surface area contributed by atoms with Crippen LogP contribution < -0.4 is 4.90 Å². The lowest BCUT2D eigenvalue weighted by Crippen LogP contribution is -2.32. The number of hydrogen-bond donors (Lipinski definition) is 1. The number of pyridine rings is 1. The Balaban J connectivity index is 1.77. The maximum Gasteiger partial charge on any atom is 0.152 e. The molecule has 112 valence electrons. The molecule has 1 atom stereocenters. The van der Waals surface area contributed by atoms with Gasteiger partial charge in [-0.1, -0.05) is 41.9 Å². The summed E-state index contributed by atoms with van der Waals surface area (Å²) < 4.78 is 5.52. The Kier molecular flexibility index (Phi) is 5.99. The van der Waals surface area contributed by atoms with Gasteiger partial charge in [-0.25, -0.2) is 4.98 Å². The number of halogens is 1. The van der Waals surface area contributed by atoms with Crippen molar-refractivity contribution in [3.8, 4) is 0 Å². The van der Waals surface area contributed by atoms with E-state index in [1.54, 1.807) is 6.20 Å². The summed E-state index contributed by atoms with van der Waals surface area (Å²) in [7, 11) is 1.86. The van der Waals surface area contributed by atoms with Gasteiger partial charge in [0.05, 0.1) is 25.0 Å². The molecule has 4 nitrogen and oxygen atoms in total. The monoisotopic (exact) mass is 306 g/mol. The Bertz CT molecular complexity index is 551. The third-order valence-corrected chi connectivity index (χ3v) is 3.35. The number of aliphatic hydroxyl groups excluding tert-OH is 1. The zero-order chi connectivity index (χ0) is 15.1. The van der Waals surface area contributed by atoms with E-state index in [0.717, 1.165) is 11.3 Å². The maximum absolute atomic E-state index is 10.0. The number of hydrogen-bond acceptors (Lipinski definition) is 4. The van der Waals surface area contributed by atoms with Crippen molar-refractivity contribution >= 4 is 17.3 Å². The molecule has 0 bridgehead atoms. The number of benzene rings is 1. The Morgan fingerprint density at radius 2 is 2.00 bits per heavy atom. The predicted molar refractivity (Wildman–Crippen MR) is 84.6 cm³/mol. The van der Waals surface area contributed by atoms with Gasteiger partial charge >= 0.3 is 0 Å². The Morgan fingerprint density at radius 1 is 1.24 bits per heavy atom. The minimum absolute atomic E-state index is 0.275. The van der Waals surface area contributed by atoms with Gasteiger partial charge in [0.2, 0.25) is 0 Å². The van der Waals surface area contributed by atoms with Crippen molar-refractivity contribution in [2.75, 3.05) is 25.1 Å². The number of ether oxygens (including phenoxy) is 1. The van der Waals surface area contributed by atoms with Crippen LogP contribution in [0.4, 0.5) is 5.69 Å². The quantitative estimate of drug-likeness (QED) is 0.799. The van der Waals surface area contributed by atoms with Crippen LogP contribution in [0.3, 0.4) is 0 Å². The van der Waals surface area contributed by atoms with Crippen LogP contribution in [0.25, 0.3) is 0 Å². The summed E-state index contributed by atoms with van der Waals surface area (Å²) in [5, 5.41) is 10.4. The third-order valence-electron chi connectivity index (χ3n) is 3.06. The molecule has 0 radical (unpaired) electrons. The molecule has 0 aliphatic rings. The first kappa shape index (κ1) is 15.8. The number of nitrogens with zero attached hydrogens (tertiary/aromatic N) is 2. The van der Waals surface area contributed by atoms with Crippen molar-refractivity contribution in [2.24, 2.45) is 0 Å². The van der Waals surface area contributed by atoms with E-state index >= 15 is 0 Å². The van der Waals surface area contributed by atoms with Crippen LogP contribution in [-0.4, -0.2) is 36.4 Å². The zero-order valence-corrected chi connectivity index (χ0v) is 12.7. The molecule has 0 amide bonds. The molecule has 1 aromatic heterocycles. The largest absolute Gasteiger partial charge is 0.389 e. The summed E-state index contributed by atoms with van der Waals surface area (Å²) in [6, 6.07) is 13.6. The van der Waals surface area contributed by atoms with E-state index in [1.807, 2.05) is 54.4 Å². The number of aliphatic hydroxyl groups is 1. The van der Waals surface area contributed by atoms with Crippen LogP contribution in [0, 0.1) is 0 Å². The number of anilines is 1. The summed E-state index contributed by atoms with van der Waals surface area (Å²) in [5.41, 5.74) is 1.88. The summed E-state index contributed by atoms with van der Waals surface area (Å²) in [6.07, 6.45) is 1.05. The highest BCUT2D eigenvalue weighted by Crippen LogP contribution is 2.21. The standard InChI is InChI=1S/C16H19ClN2O2/c1-19(15-8-5-9-18-16(15)17)10-14(20)12-21-11-13-6-3-2-4-7-13/h2-9,14,20H,10-12H2,1H3. The molecule has 0 aliphatic carbocycles. The molecule has 0 saturated heterocycles. The number of likely N-dealkylation sites (N-methyl/N-ethyl adjacent to an activating group) is 1. The second-order valence-electron chi connectivity index (χ2n) is 4.85. The minimum atomic E-state index is -0.588. The van der Waals surface area contributed by atoms with Crippen LogP contribution in [0.1, 0.15) is 5.56 Å². The first-order valence-corrected chi connectivity index (χ1v) is 7.16. The second-order valence-corrected chi connectivity index (χ2v) is 5.21. The van der Waals surface area contributed by atoms with Crippen molar-refractivity contribution in [3.05, 3.63) is 59.4 Å². The van der Waals surface area contributed by atoms with Gasteiger partial charge in [-0.2, -0.15) is 0 Å². The highest BCUT2D eigenvalue weighted by Gasteiger charge is 2.12. The molecule has 1 aromatic carbocycles. The molecule has 2 aromatic rings. The van der Waals surface area contributed by atoms with E-state index in [9.17, 15) is 5.11 Å². The Morgan fingerprint density at radius 3 is 2.71 bits per heavy atom. The highest BCUT2D eigenvalue weighted by molar-refractivity contribution is 6.31. The van der Waals surface area contributed by atoms with E-state index in [4.69, 9.17) is 16.3 Å². The lowest BCUT2D eigenvalue weighted by atomic mass is 10.2. The third kappa shape index (κ3) is 5.01. The SMILES string of the molecule is CN(CC(O)COCc1ccccc1)c1cccnc1Cl. The number of aromatic nitrogens is 1. The van der Waals surface area contributed by atoms with Gasteiger partial charge in [0.1, 0.15) is 0 Å². The van der Waals surface area contributed by atoms with Crippen LogP contribution in [0.15, 0.2) is 48.7 Å². The summed E-state index contributed by atoms with van der Waals surface area (Å²) in [5.74, 6) is 0. The van der Waals surface area contributed by atoms with Crippen molar-refractivity contribution in [1.82, 2.24) is 4.98 Å². The molecule has 0 spiro atoms. The molecule has 0 saturated carbocycles. The first-order valence-electron chi connectivity index (χ1n) is 6.78. The lowest BCUT2D eigenvalue weighted by Gasteiger charge is -2.23. The fourth-order valence-corrected chi connectivity index (χ4v) is 2.28. The van der Waals surface area contributed by atoms with Gasteiger partial charge in [0, 0.05) is 19.8 Å². The van der Waals surface area contributed by atoms with Crippen molar-refractivity contribution in [2.45, 2.75) is 12.7 Å². The first-order chi connectivity index (χ1) is 10.2. The fraction of sp³-hybridized carbons (Fsp3) is 0.312. The van der Waals surface area contributed by atoms with Crippen LogP contribution in [-0.2, 0) is 11.3 Å². The van der Waals surface area contributed by atoms with Crippen molar-refractivity contribution < 1.29 is 9.84 Å². The molecular formula is C16H19ClN2O2. The van der Waals surface area contributed by atoms with Gasteiger partial charge < -0.3 is 14.7 Å². The average Bonchev–Trinajstić information content (AvgIpc) is 2.48. The predicted octanol–water partition coefficient (Wildman–Crippen LogP) is 2.75. The van der Waals surface area contributed by atoms with Gasteiger partial charge in [0.25, 0.3) is 0 Å². The molecule has 1 unspecified atom stereocenters. The van der Waals surface area contributed by atoms with E-state index in [2.05, 4.69) is 4.98 Å². The van der Waals surface area contributed by atoms with E-state index in [-0.39, 0.29) is 6.61 Å². The van der Waals surface area contributed by atoms with Crippen LogP contribution in [0.5, 0.6) is 0 Å². The Labute approximate surface area is 130 Å². The van der Waals surface area contributed by atoms with Gasteiger partial charge in [-0.3, -0.25) is 0 Å². The second kappa shape index (κ2) is 7.98. The topological polar surface area (TPSA) is 45.6 Å². The Hall–Kier alpha value is -1.62. The number of rotatable bonds is 7. The van der Waals surface area contributed by atoms with E-state index in [0.29, 0.717) is 18.3 Å². The zero-order valence-electron chi connectivity index (χ0n) is 11.9. The molecule has 1 heterocycles. The van der Waals surface area contributed by atoms with Gasteiger partial charge in [-0.05, 0) is 17.7 Å². The molecule has 0 aliphatic heterocycles. The smallest absolute Gasteiger partial charge is 0.152 e. The summed E-state index contributed by atoms with van der Waals surface area (Å²) in [4.78, 5) is 5.89. The van der Waals surface area contributed by atoms with Crippen LogP contribution in [0.2, 0.25) is 5.15 Å². The molecule has 1 N–H and O–H groups in total. The normalized spacial score (nSPS) is 12.1. The van der Waals surface area contributed by atoms with Crippen LogP contribution >= 0.6 is 11.6 Å². The van der Waals surface area contributed by atoms with Gasteiger partial charge in [-0.15, -0.1) is 0 Å². The van der Waals surface area contributed by atoms with Gasteiger partial charge in [0.15, 0.2) is 5.15 Å².